The number of carbonyl (C=O) groups excluding carboxylic acids is 1. The minimum Gasteiger partial charge on any atom is -0.463 e. The molecule has 3 heteroatoms. The molecule has 0 spiro atoms. The van der Waals surface area contributed by atoms with Crippen molar-refractivity contribution in [2.75, 3.05) is 0 Å². The van der Waals surface area contributed by atoms with Gasteiger partial charge in [-0.25, -0.2) is 0 Å². The maximum absolute atomic E-state index is 11.6. The van der Waals surface area contributed by atoms with Crippen LogP contribution in [0.5, 0.6) is 0 Å². The quantitative estimate of drug-likeness (QED) is 0.771. The van der Waals surface area contributed by atoms with Crippen LogP contribution in [-0.4, -0.2) is 18.2 Å². The molecular formula is C15H20O3. The van der Waals surface area contributed by atoms with E-state index in [2.05, 4.69) is 0 Å². The molecule has 0 aromatic heterocycles. The molecule has 1 aromatic carbocycles. The summed E-state index contributed by atoms with van der Waals surface area (Å²) in [5, 5.41) is 0. The molecule has 1 heterocycles. The summed E-state index contributed by atoms with van der Waals surface area (Å²) in [5.41, 5.74) is 1.14. The van der Waals surface area contributed by atoms with Gasteiger partial charge in [0, 0.05) is 0 Å². The van der Waals surface area contributed by atoms with E-state index < -0.39 is 0 Å². The Labute approximate surface area is 108 Å². The van der Waals surface area contributed by atoms with Crippen LogP contribution in [0.1, 0.15) is 38.2 Å². The zero-order valence-electron chi connectivity index (χ0n) is 10.8. The lowest BCUT2D eigenvalue weighted by molar-refractivity contribution is -0.154. The number of carbonyl (C=O) groups is 1. The molecular weight excluding hydrogens is 228 g/mol. The SMILES string of the molecule is C[C@@H]1CCC[C@H](OCc2ccccc2)CC(=O)O1. The number of hydrogen-bond acceptors (Lipinski definition) is 3. The standard InChI is InChI=1S/C15H20O3/c1-12-6-5-9-14(10-15(16)18-12)17-11-13-7-3-2-4-8-13/h2-4,7-8,12,14H,5-6,9-11H2,1H3/t12-,14+/m1/s1. The number of cyclic esters (lactones) is 1. The normalized spacial score (nSPS) is 25.1. The largest absolute Gasteiger partial charge is 0.463 e. The highest BCUT2D eigenvalue weighted by Gasteiger charge is 2.21. The van der Waals surface area contributed by atoms with Crippen LogP contribution >= 0.6 is 0 Å². The van der Waals surface area contributed by atoms with Crippen LogP contribution in [0.15, 0.2) is 30.3 Å². The van der Waals surface area contributed by atoms with Gasteiger partial charge >= 0.3 is 5.97 Å². The summed E-state index contributed by atoms with van der Waals surface area (Å²) >= 11 is 0. The Morgan fingerprint density at radius 2 is 2.06 bits per heavy atom. The molecule has 0 radical (unpaired) electrons. The van der Waals surface area contributed by atoms with Crippen molar-refractivity contribution in [1.82, 2.24) is 0 Å². The molecule has 1 fully saturated rings. The molecule has 0 unspecified atom stereocenters. The van der Waals surface area contributed by atoms with Crippen LogP contribution in [0.2, 0.25) is 0 Å². The lowest BCUT2D eigenvalue weighted by Crippen LogP contribution is -2.25. The van der Waals surface area contributed by atoms with Crippen LogP contribution in [0.3, 0.4) is 0 Å². The van der Waals surface area contributed by atoms with Gasteiger partial charge in [0.15, 0.2) is 0 Å². The third-order valence-corrected chi connectivity index (χ3v) is 3.19. The first-order chi connectivity index (χ1) is 8.74. The highest BCUT2D eigenvalue weighted by molar-refractivity contribution is 5.70. The van der Waals surface area contributed by atoms with Crippen molar-refractivity contribution >= 4 is 5.97 Å². The highest BCUT2D eigenvalue weighted by atomic mass is 16.5. The predicted molar refractivity (Wildman–Crippen MR) is 69.0 cm³/mol. The molecule has 3 nitrogen and oxygen atoms in total. The molecule has 98 valence electrons. The molecule has 18 heavy (non-hydrogen) atoms. The average Bonchev–Trinajstić information content (AvgIpc) is 2.35. The Morgan fingerprint density at radius 3 is 2.83 bits per heavy atom. The van der Waals surface area contributed by atoms with Crippen molar-refractivity contribution in [2.24, 2.45) is 0 Å². The lowest BCUT2D eigenvalue weighted by atomic mass is 10.0. The molecule has 2 rings (SSSR count). The maximum atomic E-state index is 11.6. The zero-order valence-corrected chi connectivity index (χ0v) is 10.8. The lowest BCUT2D eigenvalue weighted by Gasteiger charge is -2.23. The van der Waals surface area contributed by atoms with Crippen molar-refractivity contribution in [3.05, 3.63) is 35.9 Å². The van der Waals surface area contributed by atoms with Gasteiger partial charge in [0.25, 0.3) is 0 Å². The zero-order chi connectivity index (χ0) is 12.8. The molecule has 0 saturated carbocycles. The second-order valence-electron chi connectivity index (χ2n) is 4.85. The number of hydrogen-bond donors (Lipinski definition) is 0. The molecule has 1 aromatic rings. The van der Waals surface area contributed by atoms with Crippen LogP contribution in [0.25, 0.3) is 0 Å². The summed E-state index contributed by atoms with van der Waals surface area (Å²) in [6.45, 7) is 2.51. The number of ether oxygens (including phenoxy) is 2. The fourth-order valence-electron chi connectivity index (χ4n) is 2.18. The van der Waals surface area contributed by atoms with E-state index in [9.17, 15) is 4.79 Å². The van der Waals surface area contributed by atoms with Crippen molar-refractivity contribution in [1.29, 1.82) is 0 Å². The second-order valence-corrected chi connectivity index (χ2v) is 4.85. The topological polar surface area (TPSA) is 35.5 Å². The summed E-state index contributed by atoms with van der Waals surface area (Å²) in [4.78, 5) is 11.6. The third kappa shape index (κ3) is 4.15. The molecule has 2 atom stereocenters. The first kappa shape index (κ1) is 13.1. The van der Waals surface area contributed by atoms with E-state index in [1.54, 1.807) is 0 Å². The van der Waals surface area contributed by atoms with Crippen LogP contribution in [0, 0.1) is 0 Å². The number of esters is 1. The molecule has 0 aliphatic carbocycles. The van der Waals surface area contributed by atoms with Crippen LogP contribution in [0.4, 0.5) is 0 Å². The van der Waals surface area contributed by atoms with E-state index in [4.69, 9.17) is 9.47 Å². The van der Waals surface area contributed by atoms with Gasteiger partial charge in [0.05, 0.1) is 25.2 Å². The Kier molecular flexibility index (Phi) is 4.76. The van der Waals surface area contributed by atoms with Gasteiger partial charge in [-0.1, -0.05) is 30.3 Å². The Balaban J connectivity index is 1.83. The summed E-state index contributed by atoms with van der Waals surface area (Å²) in [7, 11) is 0. The molecule has 1 aliphatic rings. The van der Waals surface area contributed by atoms with Gasteiger partial charge in [-0.3, -0.25) is 4.79 Å². The van der Waals surface area contributed by atoms with E-state index in [0.717, 1.165) is 24.8 Å². The van der Waals surface area contributed by atoms with Gasteiger partial charge in [-0.2, -0.15) is 0 Å². The molecule has 0 amide bonds. The fourth-order valence-corrected chi connectivity index (χ4v) is 2.18. The van der Waals surface area contributed by atoms with E-state index in [1.807, 2.05) is 37.3 Å². The van der Waals surface area contributed by atoms with Crippen LogP contribution in [-0.2, 0) is 20.9 Å². The van der Waals surface area contributed by atoms with Gasteiger partial charge < -0.3 is 9.47 Å². The van der Waals surface area contributed by atoms with E-state index in [1.165, 1.54) is 0 Å². The predicted octanol–water partition coefficient (Wildman–Crippen LogP) is 3.08. The van der Waals surface area contributed by atoms with Gasteiger partial charge in [-0.15, -0.1) is 0 Å². The van der Waals surface area contributed by atoms with Gasteiger partial charge in [0.2, 0.25) is 0 Å². The smallest absolute Gasteiger partial charge is 0.308 e. The van der Waals surface area contributed by atoms with E-state index in [-0.39, 0.29) is 18.2 Å². The van der Waals surface area contributed by atoms with Crippen molar-refractivity contribution in [3.63, 3.8) is 0 Å². The van der Waals surface area contributed by atoms with Gasteiger partial charge in [0.1, 0.15) is 0 Å². The molecule has 0 bridgehead atoms. The minimum absolute atomic E-state index is 0.00907. The number of benzene rings is 1. The number of rotatable bonds is 3. The van der Waals surface area contributed by atoms with E-state index >= 15 is 0 Å². The first-order valence-corrected chi connectivity index (χ1v) is 6.59. The maximum Gasteiger partial charge on any atom is 0.308 e. The third-order valence-electron chi connectivity index (χ3n) is 3.19. The van der Waals surface area contributed by atoms with Crippen molar-refractivity contribution in [2.45, 2.75) is 51.4 Å². The average molecular weight is 248 g/mol. The van der Waals surface area contributed by atoms with Crippen molar-refractivity contribution < 1.29 is 14.3 Å². The minimum atomic E-state index is -0.139. The summed E-state index contributed by atoms with van der Waals surface area (Å²) in [6.07, 6.45) is 3.33. The van der Waals surface area contributed by atoms with Crippen molar-refractivity contribution in [3.8, 4) is 0 Å². The fraction of sp³-hybridized carbons (Fsp3) is 0.533. The Morgan fingerprint density at radius 1 is 1.28 bits per heavy atom. The van der Waals surface area contributed by atoms with E-state index in [0.29, 0.717) is 13.0 Å². The molecule has 1 aliphatic heterocycles. The summed E-state index contributed by atoms with van der Waals surface area (Å²) in [5.74, 6) is -0.139. The Hall–Kier alpha value is -1.35. The summed E-state index contributed by atoms with van der Waals surface area (Å²) in [6, 6.07) is 10.0. The first-order valence-electron chi connectivity index (χ1n) is 6.59. The van der Waals surface area contributed by atoms with Gasteiger partial charge in [-0.05, 0) is 31.7 Å². The monoisotopic (exact) mass is 248 g/mol. The highest BCUT2D eigenvalue weighted by Crippen LogP contribution is 2.18. The summed E-state index contributed by atoms with van der Waals surface area (Å²) < 4.78 is 11.1. The molecule has 1 saturated heterocycles. The second kappa shape index (κ2) is 6.55. The Bertz CT molecular complexity index is 375. The molecule has 0 N–H and O–H groups in total. The van der Waals surface area contributed by atoms with Crippen LogP contribution < -0.4 is 0 Å².